The van der Waals surface area contributed by atoms with Crippen LogP contribution in [0.15, 0.2) is 60.8 Å². The molecule has 1 aromatic heterocycles. The van der Waals surface area contributed by atoms with Crippen LogP contribution in [-0.2, 0) is 26.2 Å². The minimum atomic E-state index is -0.712. The van der Waals surface area contributed by atoms with Gasteiger partial charge in [0.25, 0.3) is 0 Å². The molecule has 2 N–H and O–H groups in total. The molecule has 0 bridgehead atoms. The second kappa shape index (κ2) is 8.74. The number of hydrogen-bond acceptors (Lipinski definition) is 3. The van der Waals surface area contributed by atoms with Gasteiger partial charge in [-0.25, -0.2) is 4.79 Å². The molecule has 3 aromatic rings. The molecule has 1 amide bonds. The molecule has 1 aliphatic carbocycles. The first-order chi connectivity index (χ1) is 14.6. The maximum Gasteiger partial charge on any atom is 0.328 e. The first kappa shape index (κ1) is 20.2. The van der Waals surface area contributed by atoms with Crippen LogP contribution in [0.25, 0.3) is 10.9 Å². The molecule has 1 atom stereocenters. The quantitative estimate of drug-likeness (QED) is 0.578. The van der Waals surface area contributed by atoms with E-state index in [0.29, 0.717) is 12.8 Å². The highest BCUT2D eigenvalue weighted by atomic mass is 16.5. The summed E-state index contributed by atoms with van der Waals surface area (Å²) in [5.41, 5.74) is 3.06. The third-order valence-electron chi connectivity index (χ3n) is 6.37. The van der Waals surface area contributed by atoms with Gasteiger partial charge in [-0.05, 0) is 30.0 Å². The molecular formula is C25H28N2O3. The molecular weight excluding hydrogens is 376 g/mol. The summed E-state index contributed by atoms with van der Waals surface area (Å²) in [6, 6.07) is 17.5. The van der Waals surface area contributed by atoms with Gasteiger partial charge in [-0.1, -0.05) is 61.4 Å². The van der Waals surface area contributed by atoms with Crippen LogP contribution in [0.3, 0.4) is 0 Å². The van der Waals surface area contributed by atoms with Gasteiger partial charge in [-0.15, -0.1) is 0 Å². The molecule has 5 nitrogen and oxygen atoms in total. The number of aromatic amines is 1. The number of benzene rings is 2. The minimum absolute atomic E-state index is 0.101. The smallest absolute Gasteiger partial charge is 0.328 e. The van der Waals surface area contributed by atoms with Crippen molar-refractivity contribution in [3.8, 4) is 0 Å². The Labute approximate surface area is 176 Å². The largest absolute Gasteiger partial charge is 0.467 e. The summed E-state index contributed by atoms with van der Waals surface area (Å²) in [5.74, 6) is -0.523. The van der Waals surface area contributed by atoms with E-state index < -0.39 is 12.0 Å². The SMILES string of the molecule is COC(=O)C(Cc1c[nH]c2ccccc12)NC(=O)CC1(c2ccccc2)CCCC1. The lowest BCUT2D eigenvalue weighted by Gasteiger charge is -2.30. The number of amides is 1. The standard InChI is InChI=1S/C25H28N2O3/c1-30-24(29)22(15-18-17-26-21-12-6-5-11-20(18)21)27-23(28)16-25(13-7-8-14-25)19-9-3-2-4-10-19/h2-6,9-12,17,22,26H,7-8,13-16H2,1H3,(H,27,28). The number of H-pyrrole nitrogens is 1. The number of carbonyl (C=O) groups excluding carboxylic acids is 2. The normalized spacial score (nSPS) is 16.3. The first-order valence-corrected chi connectivity index (χ1v) is 10.6. The summed E-state index contributed by atoms with van der Waals surface area (Å²) in [4.78, 5) is 28.7. The summed E-state index contributed by atoms with van der Waals surface area (Å²) in [7, 11) is 1.36. The molecule has 1 aliphatic rings. The fourth-order valence-corrected chi connectivity index (χ4v) is 4.82. The number of fused-ring (bicyclic) bond motifs is 1. The van der Waals surface area contributed by atoms with E-state index in [1.807, 2.05) is 48.7 Å². The van der Waals surface area contributed by atoms with Crippen molar-refractivity contribution < 1.29 is 14.3 Å². The number of para-hydroxylation sites is 1. The summed E-state index contributed by atoms with van der Waals surface area (Å²) in [5, 5.41) is 4.02. The zero-order valence-electron chi connectivity index (χ0n) is 17.3. The van der Waals surface area contributed by atoms with E-state index in [2.05, 4.69) is 22.4 Å². The highest BCUT2D eigenvalue weighted by Crippen LogP contribution is 2.43. The van der Waals surface area contributed by atoms with E-state index in [1.54, 1.807) is 0 Å². The number of carbonyl (C=O) groups is 2. The molecule has 2 aromatic carbocycles. The van der Waals surface area contributed by atoms with Crippen LogP contribution in [0.1, 0.15) is 43.2 Å². The number of aromatic nitrogens is 1. The second-order valence-corrected chi connectivity index (χ2v) is 8.24. The molecule has 1 fully saturated rings. The van der Waals surface area contributed by atoms with Crippen LogP contribution in [-0.4, -0.2) is 30.0 Å². The predicted molar refractivity (Wildman–Crippen MR) is 117 cm³/mol. The van der Waals surface area contributed by atoms with E-state index in [4.69, 9.17) is 4.74 Å². The maximum atomic E-state index is 13.1. The van der Waals surface area contributed by atoms with Gasteiger partial charge in [-0.3, -0.25) is 4.79 Å². The Morgan fingerprint density at radius 2 is 1.77 bits per heavy atom. The van der Waals surface area contributed by atoms with Gasteiger partial charge < -0.3 is 15.0 Å². The van der Waals surface area contributed by atoms with Gasteiger partial charge in [0.05, 0.1) is 7.11 Å². The van der Waals surface area contributed by atoms with E-state index in [-0.39, 0.29) is 11.3 Å². The Morgan fingerprint density at radius 1 is 1.07 bits per heavy atom. The van der Waals surface area contributed by atoms with Crippen LogP contribution in [0.4, 0.5) is 0 Å². The van der Waals surface area contributed by atoms with E-state index in [1.165, 1.54) is 12.7 Å². The van der Waals surface area contributed by atoms with E-state index >= 15 is 0 Å². The van der Waals surface area contributed by atoms with Crippen molar-refractivity contribution in [1.82, 2.24) is 10.3 Å². The van der Waals surface area contributed by atoms with Crippen LogP contribution >= 0.6 is 0 Å². The highest BCUT2D eigenvalue weighted by molar-refractivity contribution is 5.87. The molecule has 156 valence electrons. The van der Waals surface area contributed by atoms with Gasteiger partial charge in [0, 0.05) is 35.4 Å². The molecule has 0 aliphatic heterocycles. The molecule has 30 heavy (non-hydrogen) atoms. The molecule has 5 heteroatoms. The number of methoxy groups -OCH3 is 1. The molecule has 1 heterocycles. The zero-order valence-corrected chi connectivity index (χ0v) is 17.3. The number of ether oxygens (including phenoxy) is 1. The summed E-state index contributed by atoms with van der Waals surface area (Å²) >= 11 is 0. The lowest BCUT2D eigenvalue weighted by atomic mass is 9.76. The summed E-state index contributed by atoms with van der Waals surface area (Å²) < 4.78 is 4.99. The zero-order chi connectivity index (χ0) is 21.0. The van der Waals surface area contributed by atoms with Crippen LogP contribution in [0.5, 0.6) is 0 Å². The fraction of sp³-hybridized carbons (Fsp3) is 0.360. The third kappa shape index (κ3) is 4.11. The van der Waals surface area contributed by atoms with Gasteiger partial charge in [0.2, 0.25) is 5.91 Å². The Morgan fingerprint density at radius 3 is 2.50 bits per heavy atom. The number of esters is 1. The van der Waals surface area contributed by atoms with E-state index in [0.717, 1.165) is 42.1 Å². The first-order valence-electron chi connectivity index (χ1n) is 10.6. The average molecular weight is 405 g/mol. The van der Waals surface area contributed by atoms with Crippen molar-refractivity contribution in [3.63, 3.8) is 0 Å². The summed E-state index contributed by atoms with van der Waals surface area (Å²) in [6.07, 6.45) is 6.91. The van der Waals surface area contributed by atoms with Gasteiger partial charge >= 0.3 is 5.97 Å². The third-order valence-corrected chi connectivity index (χ3v) is 6.37. The van der Waals surface area contributed by atoms with Crippen molar-refractivity contribution >= 4 is 22.8 Å². The van der Waals surface area contributed by atoms with Crippen LogP contribution < -0.4 is 5.32 Å². The summed E-state index contributed by atoms with van der Waals surface area (Å²) in [6.45, 7) is 0. The molecule has 1 unspecified atom stereocenters. The highest BCUT2D eigenvalue weighted by Gasteiger charge is 2.38. The van der Waals surface area contributed by atoms with Crippen LogP contribution in [0, 0.1) is 0 Å². The van der Waals surface area contributed by atoms with Crippen molar-refractivity contribution in [3.05, 3.63) is 71.9 Å². The Balaban J connectivity index is 1.51. The lowest BCUT2D eigenvalue weighted by Crippen LogP contribution is -2.45. The average Bonchev–Trinajstić information content (AvgIpc) is 3.41. The van der Waals surface area contributed by atoms with Crippen molar-refractivity contribution in [2.45, 2.75) is 50.0 Å². The number of hydrogen-bond donors (Lipinski definition) is 2. The molecule has 0 radical (unpaired) electrons. The molecule has 4 rings (SSSR count). The van der Waals surface area contributed by atoms with Crippen molar-refractivity contribution in [2.75, 3.05) is 7.11 Å². The predicted octanol–water partition coefficient (Wildman–Crippen LogP) is 4.27. The minimum Gasteiger partial charge on any atom is -0.467 e. The van der Waals surface area contributed by atoms with Gasteiger partial charge in [0.15, 0.2) is 0 Å². The molecule has 1 saturated carbocycles. The van der Waals surface area contributed by atoms with E-state index in [9.17, 15) is 9.59 Å². The topological polar surface area (TPSA) is 71.2 Å². The van der Waals surface area contributed by atoms with Gasteiger partial charge in [-0.2, -0.15) is 0 Å². The van der Waals surface area contributed by atoms with Gasteiger partial charge in [0.1, 0.15) is 6.04 Å². The molecule has 0 spiro atoms. The Kier molecular flexibility index (Phi) is 5.88. The fourth-order valence-electron chi connectivity index (χ4n) is 4.82. The number of nitrogens with one attached hydrogen (secondary N) is 2. The number of rotatable bonds is 7. The van der Waals surface area contributed by atoms with Crippen molar-refractivity contribution in [1.29, 1.82) is 0 Å². The van der Waals surface area contributed by atoms with Crippen molar-refractivity contribution in [2.24, 2.45) is 0 Å². The second-order valence-electron chi connectivity index (χ2n) is 8.24. The maximum absolute atomic E-state index is 13.1. The monoisotopic (exact) mass is 404 g/mol. The Bertz CT molecular complexity index is 1020. The Hall–Kier alpha value is -3.08. The van der Waals surface area contributed by atoms with Crippen LogP contribution in [0.2, 0.25) is 0 Å². The molecule has 0 saturated heterocycles. The lowest BCUT2D eigenvalue weighted by molar-refractivity contribution is -0.145.